The Balaban J connectivity index is 1.88. The molecule has 9 heteroatoms. The first kappa shape index (κ1) is 26.2. The van der Waals surface area contributed by atoms with E-state index in [0.29, 0.717) is 23.6 Å². The predicted molar refractivity (Wildman–Crippen MR) is 140 cm³/mol. The Morgan fingerprint density at radius 1 is 1.11 bits per heavy atom. The average Bonchev–Trinajstić information content (AvgIpc) is 3.36. The quantitative estimate of drug-likeness (QED) is 0.391. The van der Waals surface area contributed by atoms with Gasteiger partial charge in [0.2, 0.25) is 6.79 Å². The lowest BCUT2D eigenvalue weighted by molar-refractivity contribution is -0.139. The highest BCUT2D eigenvalue weighted by Crippen LogP contribution is 2.38. The topological polar surface area (TPSA) is 94.5 Å². The van der Waals surface area contributed by atoms with Crippen molar-refractivity contribution in [3.8, 4) is 11.5 Å². The van der Waals surface area contributed by atoms with E-state index in [-0.39, 0.29) is 30.6 Å². The van der Waals surface area contributed by atoms with Gasteiger partial charge in [0.1, 0.15) is 0 Å². The van der Waals surface area contributed by atoms with E-state index in [4.69, 9.17) is 18.9 Å². The highest BCUT2D eigenvalue weighted by molar-refractivity contribution is 9.10. The fourth-order valence-corrected chi connectivity index (χ4v) is 4.50. The Bertz CT molecular complexity index is 1310. The SMILES string of the molecule is C=CC1C=C(c2ccc(CO)cc2)C=C(C(=O)OC)C(C(=O)OC)=CN1Cc1cc2c(cc1Br)OCO2. The molecule has 8 nitrogen and oxygen atoms in total. The molecule has 0 saturated heterocycles. The smallest absolute Gasteiger partial charge is 0.340 e. The summed E-state index contributed by atoms with van der Waals surface area (Å²) in [6.45, 7) is 4.39. The molecule has 0 saturated carbocycles. The van der Waals surface area contributed by atoms with Crippen LogP contribution in [0, 0.1) is 0 Å². The van der Waals surface area contributed by atoms with Crippen LogP contribution >= 0.6 is 15.9 Å². The zero-order valence-corrected chi connectivity index (χ0v) is 22.0. The van der Waals surface area contributed by atoms with Crippen molar-refractivity contribution in [1.82, 2.24) is 4.90 Å². The van der Waals surface area contributed by atoms with E-state index in [0.717, 1.165) is 21.2 Å². The molecule has 1 unspecified atom stereocenters. The second kappa shape index (κ2) is 11.5. The van der Waals surface area contributed by atoms with Gasteiger partial charge in [0.15, 0.2) is 11.5 Å². The van der Waals surface area contributed by atoms with Gasteiger partial charge in [0, 0.05) is 17.2 Å². The Labute approximate surface area is 223 Å². The number of rotatable bonds is 7. The molecule has 2 aliphatic heterocycles. The fourth-order valence-electron chi connectivity index (χ4n) is 4.05. The molecule has 4 rings (SSSR count). The molecule has 0 spiro atoms. The third-order valence-corrected chi connectivity index (χ3v) is 6.77. The molecule has 0 amide bonds. The summed E-state index contributed by atoms with van der Waals surface area (Å²) in [5.74, 6) is -0.117. The predicted octanol–water partition coefficient (Wildman–Crippen LogP) is 4.28. The van der Waals surface area contributed by atoms with Crippen LogP contribution in [0.15, 0.2) is 83.0 Å². The van der Waals surface area contributed by atoms with Crippen molar-refractivity contribution in [2.75, 3.05) is 21.0 Å². The second-order valence-electron chi connectivity index (χ2n) is 8.26. The molecule has 192 valence electrons. The van der Waals surface area contributed by atoms with Crippen LogP contribution in [-0.4, -0.2) is 49.0 Å². The summed E-state index contributed by atoms with van der Waals surface area (Å²) in [7, 11) is 2.51. The molecule has 0 aromatic heterocycles. The summed E-state index contributed by atoms with van der Waals surface area (Å²) < 4.78 is 21.8. The largest absolute Gasteiger partial charge is 0.465 e. The number of methoxy groups -OCH3 is 2. The van der Waals surface area contributed by atoms with Crippen molar-refractivity contribution in [3.05, 3.63) is 99.7 Å². The van der Waals surface area contributed by atoms with Crippen molar-refractivity contribution in [3.63, 3.8) is 0 Å². The molecule has 2 aromatic rings. The van der Waals surface area contributed by atoms with Gasteiger partial charge in [0.05, 0.1) is 38.0 Å². The van der Waals surface area contributed by atoms with Gasteiger partial charge in [-0.1, -0.05) is 52.3 Å². The van der Waals surface area contributed by atoms with E-state index < -0.39 is 11.9 Å². The molecule has 0 fully saturated rings. The number of carbonyl (C=O) groups excluding carboxylic acids is 2. The van der Waals surface area contributed by atoms with Crippen LogP contribution in [-0.2, 0) is 32.2 Å². The van der Waals surface area contributed by atoms with Crippen LogP contribution in [0.1, 0.15) is 16.7 Å². The third-order valence-electron chi connectivity index (χ3n) is 6.03. The van der Waals surface area contributed by atoms with Gasteiger partial charge in [-0.2, -0.15) is 0 Å². The second-order valence-corrected chi connectivity index (χ2v) is 9.11. The summed E-state index contributed by atoms with van der Waals surface area (Å²) in [5, 5.41) is 9.44. The van der Waals surface area contributed by atoms with Gasteiger partial charge in [-0.3, -0.25) is 0 Å². The number of esters is 2. The number of aliphatic hydroxyl groups excluding tert-OH is 1. The Kier molecular flexibility index (Phi) is 8.15. The number of carbonyl (C=O) groups is 2. The Morgan fingerprint density at radius 2 is 1.76 bits per heavy atom. The summed E-state index contributed by atoms with van der Waals surface area (Å²) in [6, 6.07) is 10.6. The molecule has 1 atom stereocenters. The number of aliphatic hydroxyl groups is 1. The summed E-state index contributed by atoms with van der Waals surface area (Å²) in [5.41, 5.74) is 3.14. The summed E-state index contributed by atoms with van der Waals surface area (Å²) >= 11 is 3.60. The first-order chi connectivity index (χ1) is 17.9. The summed E-state index contributed by atoms with van der Waals surface area (Å²) in [6.07, 6.45) is 6.87. The average molecular weight is 568 g/mol. The van der Waals surface area contributed by atoms with Crippen LogP contribution in [0.25, 0.3) is 5.57 Å². The zero-order valence-electron chi connectivity index (χ0n) is 20.4. The molecule has 37 heavy (non-hydrogen) atoms. The number of hydrogen-bond donors (Lipinski definition) is 1. The van der Waals surface area contributed by atoms with Crippen LogP contribution < -0.4 is 9.47 Å². The summed E-state index contributed by atoms with van der Waals surface area (Å²) in [4.78, 5) is 27.7. The highest BCUT2D eigenvalue weighted by Gasteiger charge is 2.28. The molecule has 0 radical (unpaired) electrons. The van der Waals surface area contributed by atoms with Crippen molar-refractivity contribution in [2.24, 2.45) is 0 Å². The van der Waals surface area contributed by atoms with Crippen molar-refractivity contribution in [1.29, 1.82) is 0 Å². The molecular formula is C28H26BrNO7. The zero-order chi connectivity index (χ0) is 26.5. The third kappa shape index (κ3) is 5.63. The first-order valence-corrected chi connectivity index (χ1v) is 12.2. The number of hydrogen-bond acceptors (Lipinski definition) is 8. The number of nitrogens with zero attached hydrogens (tertiary/aromatic N) is 1. The number of ether oxygens (including phenoxy) is 4. The minimum absolute atomic E-state index is 0.0376. The highest BCUT2D eigenvalue weighted by atomic mass is 79.9. The van der Waals surface area contributed by atoms with Gasteiger partial charge in [-0.25, -0.2) is 9.59 Å². The van der Waals surface area contributed by atoms with E-state index >= 15 is 0 Å². The molecule has 1 N–H and O–H groups in total. The number of benzene rings is 2. The van der Waals surface area contributed by atoms with Crippen LogP contribution in [0.5, 0.6) is 11.5 Å². The van der Waals surface area contributed by atoms with E-state index in [1.54, 1.807) is 30.5 Å². The van der Waals surface area contributed by atoms with Crippen LogP contribution in [0.3, 0.4) is 0 Å². The Hall–Kier alpha value is -3.82. The lowest BCUT2D eigenvalue weighted by Crippen LogP contribution is -2.30. The minimum Gasteiger partial charge on any atom is -0.465 e. The number of halogens is 1. The minimum atomic E-state index is -0.689. The van der Waals surface area contributed by atoms with Gasteiger partial charge in [-0.15, -0.1) is 6.58 Å². The van der Waals surface area contributed by atoms with Gasteiger partial charge in [-0.05, 0) is 40.5 Å². The standard InChI is InChI=1S/C28H26BrNO7/c1-4-21-9-19(18-7-5-17(15-31)6-8-18)10-22(27(32)34-2)23(28(33)35-3)14-30(21)13-20-11-25-26(12-24(20)29)37-16-36-25/h4-12,14,21,31H,1,13,15-16H2,2-3H3. The lowest BCUT2D eigenvalue weighted by Gasteiger charge is -2.30. The molecule has 2 aromatic carbocycles. The maximum Gasteiger partial charge on any atom is 0.340 e. The maximum atomic E-state index is 12.9. The van der Waals surface area contributed by atoms with E-state index in [1.807, 2.05) is 35.2 Å². The lowest BCUT2D eigenvalue weighted by atomic mass is 9.94. The van der Waals surface area contributed by atoms with Crippen molar-refractivity contribution < 1.29 is 33.6 Å². The number of allylic oxidation sites excluding steroid dienone is 2. The molecule has 0 aliphatic carbocycles. The van der Waals surface area contributed by atoms with E-state index in [2.05, 4.69) is 22.5 Å². The van der Waals surface area contributed by atoms with Crippen LogP contribution in [0.2, 0.25) is 0 Å². The van der Waals surface area contributed by atoms with Crippen molar-refractivity contribution in [2.45, 2.75) is 19.2 Å². The number of fused-ring (bicyclic) bond motifs is 1. The van der Waals surface area contributed by atoms with E-state index in [1.165, 1.54) is 14.2 Å². The normalized spacial score (nSPS) is 16.6. The monoisotopic (exact) mass is 567 g/mol. The maximum absolute atomic E-state index is 12.9. The molecule has 2 heterocycles. The van der Waals surface area contributed by atoms with Gasteiger partial charge < -0.3 is 29.0 Å². The van der Waals surface area contributed by atoms with Gasteiger partial charge >= 0.3 is 11.9 Å². The molecule has 2 aliphatic rings. The van der Waals surface area contributed by atoms with Crippen LogP contribution in [0.4, 0.5) is 0 Å². The van der Waals surface area contributed by atoms with Gasteiger partial charge in [0.25, 0.3) is 0 Å². The van der Waals surface area contributed by atoms with E-state index in [9.17, 15) is 14.7 Å². The Morgan fingerprint density at radius 3 is 2.38 bits per heavy atom. The fraction of sp³-hybridized carbons (Fsp3) is 0.214. The van der Waals surface area contributed by atoms with Crippen molar-refractivity contribution >= 4 is 33.4 Å². The molecular weight excluding hydrogens is 542 g/mol. The first-order valence-electron chi connectivity index (χ1n) is 11.4. The molecule has 0 bridgehead atoms.